The maximum absolute atomic E-state index is 11.0. The Morgan fingerprint density at radius 1 is 1.53 bits per heavy atom. The molecule has 4 heteroatoms. The Morgan fingerprint density at radius 2 is 2.27 bits per heavy atom. The maximum atomic E-state index is 11.0. The molecule has 1 atom stereocenters. The second kappa shape index (κ2) is 10.1. The predicted molar refractivity (Wildman–Crippen MR) is 64.0 cm³/mol. The number of thioether (sulfide) groups is 1. The molecule has 0 aromatic carbocycles. The second-order valence-corrected chi connectivity index (χ2v) is 4.38. The van der Waals surface area contributed by atoms with Crippen LogP contribution in [0.3, 0.4) is 0 Å². The molecule has 0 aromatic rings. The number of ether oxygens (including phenoxy) is 1. The minimum Gasteiger partial charge on any atom is -0.466 e. The van der Waals surface area contributed by atoms with E-state index < -0.39 is 6.10 Å². The van der Waals surface area contributed by atoms with Crippen LogP contribution in [0.2, 0.25) is 0 Å². The molecule has 15 heavy (non-hydrogen) atoms. The lowest BCUT2D eigenvalue weighted by Gasteiger charge is -2.04. The number of carbonyl (C=O) groups excluding carboxylic acids is 1. The molecule has 0 saturated carbocycles. The first-order valence-corrected chi connectivity index (χ1v) is 6.44. The highest BCUT2D eigenvalue weighted by atomic mass is 32.2. The molecule has 88 valence electrons. The Labute approximate surface area is 95.9 Å². The minimum atomic E-state index is -0.712. The lowest BCUT2D eigenvalue weighted by atomic mass is 10.2. The van der Waals surface area contributed by atoms with Gasteiger partial charge in [-0.25, -0.2) is 0 Å². The molecule has 3 nitrogen and oxygen atoms in total. The van der Waals surface area contributed by atoms with E-state index in [0.29, 0.717) is 6.61 Å². The van der Waals surface area contributed by atoms with Crippen LogP contribution in [-0.4, -0.2) is 35.3 Å². The van der Waals surface area contributed by atoms with Gasteiger partial charge in [-0.05, 0) is 24.9 Å². The molecule has 0 amide bonds. The topological polar surface area (TPSA) is 46.5 Å². The molecule has 1 unspecified atom stereocenters. The number of hydrogen-bond acceptors (Lipinski definition) is 4. The van der Waals surface area contributed by atoms with E-state index in [-0.39, 0.29) is 12.4 Å². The van der Waals surface area contributed by atoms with Crippen molar-refractivity contribution in [3.05, 3.63) is 12.2 Å². The molecule has 0 bridgehead atoms. The fourth-order valence-electron chi connectivity index (χ4n) is 1.01. The molecule has 1 N–H and O–H groups in total. The number of esters is 1. The van der Waals surface area contributed by atoms with Crippen LogP contribution in [0.4, 0.5) is 0 Å². The van der Waals surface area contributed by atoms with E-state index in [0.717, 1.165) is 17.9 Å². The van der Waals surface area contributed by atoms with Crippen LogP contribution >= 0.6 is 11.8 Å². The van der Waals surface area contributed by atoms with Gasteiger partial charge >= 0.3 is 5.97 Å². The van der Waals surface area contributed by atoms with Crippen LogP contribution in [0.5, 0.6) is 0 Å². The first-order valence-electron chi connectivity index (χ1n) is 5.28. The summed E-state index contributed by atoms with van der Waals surface area (Å²) in [4.78, 5) is 11.0. The Kier molecular flexibility index (Phi) is 9.73. The van der Waals surface area contributed by atoms with E-state index in [1.807, 2.05) is 17.8 Å². The van der Waals surface area contributed by atoms with E-state index in [4.69, 9.17) is 4.74 Å². The van der Waals surface area contributed by atoms with Crippen molar-refractivity contribution in [1.82, 2.24) is 0 Å². The molecule has 0 aliphatic carbocycles. The first kappa shape index (κ1) is 14.5. The standard InChI is InChI=1S/C11H20O3S/c1-3-14-11(13)9-10(12)7-5-6-8-15-4-2/h5,7,10,12H,3-4,6,8-9H2,1-2H3/b7-5+. The van der Waals surface area contributed by atoms with Crippen molar-refractivity contribution < 1.29 is 14.6 Å². The zero-order valence-corrected chi connectivity index (χ0v) is 10.3. The van der Waals surface area contributed by atoms with Gasteiger partial charge in [-0.15, -0.1) is 0 Å². The van der Waals surface area contributed by atoms with Crippen LogP contribution in [0.25, 0.3) is 0 Å². The maximum Gasteiger partial charge on any atom is 0.308 e. The van der Waals surface area contributed by atoms with Crippen molar-refractivity contribution in [2.24, 2.45) is 0 Å². The van der Waals surface area contributed by atoms with Crippen LogP contribution < -0.4 is 0 Å². The van der Waals surface area contributed by atoms with Crippen LogP contribution in [0.15, 0.2) is 12.2 Å². The average Bonchev–Trinajstić information content (AvgIpc) is 2.17. The number of carbonyl (C=O) groups is 1. The van der Waals surface area contributed by atoms with Gasteiger partial charge in [-0.1, -0.05) is 19.1 Å². The number of rotatable bonds is 8. The number of allylic oxidation sites excluding steroid dienone is 1. The van der Waals surface area contributed by atoms with Crippen molar-refractivity contribution in [3.63, 3.8) is 0 Å². The highest BCUT2D eigenvalue weighted by molar-refractivity contribution is 7.99. The van der Waals surface area contributed by atoms with Gasteiger partial charge in [0.05, 0.1) is 19.1 Å². The highest BCUT2D eigenvalue weighted by Gasteiger charge is 2.07. The van der Waals surface area contributed by atoms with E-state index in [2.05, 4.69) is 6.92 Å². The van der Waals surface area contributed by atoms with Gasteiger partial charge in [0, 0.05) is 0 Å². The SMILES string of the molecule is CCOC(=O)CC(O)/C=C/CCSCC. The van der Waals surface area contributed by atoms with Gasteiger partial charge in [-0.2, -0.15) is 11.8 Å². The summed E-state index contributed by atoms with van der Waals surface area (Å²) >= 11 is 1.86. The fraction of sp³-hybridized carbons (Fsp3) is 0.727. The average molecular weight is 232 g/mol. The highest BCUT2D eigenvalue weighted by Crippen LogP contribution is 2.03. The summed E-state index contributed by atoms with van der Waals surface area (Å²) in [5, 5.41) is 9.41. The molecular weight excluding hydrogens is 212 g/mol. The summed E-state index contributed by atoms with van der Waals surface area (Å²) in [7, 11) is 0. The summed E-state index contributed by atoms with van der Waals surface area (Å²) in [6.45, 7) is 4.23. The predicted octanol–water partition coefficient (Wildman–Crippen LogP) is 2.00. The number of hydrogen-bond donors (Lipinski definition) is 1. The van der Waals surface area contributed by atoms with Gasteiger partial charge in [-0.3, -0.25) is 4.79 Å². The lowest BCUT2D eigenvalue weighted by molar-refractivity contribution is -0.144. The number of aliphatic hydroxyl groups excluding tert-OH is 1. The van der Waals surface area contributed by atoms with E-state index in [9.17, 15) is 9.90 Å². The van der Waals surface area contributed by atoms with Gasteiger partial charge < -0.3 is 9.84 Å². The first-order chi connectivity index (χ1) is 7.20. The third-order valence-corrected chi connectivity index (χ3v) is 2.60. The van der Waals surface area contributed by atoms with Crippen LogP contribution in [-0.2, 0) is 9.53 Å². The molecule has 0 heterocycles. The zero-order chi connectivity index (χ0) is 11.5. The summed E-state index contributed by atoms with van der Waals surface area (Å²) in [6, 6.07) is 0. The summed E-state index contributed by atoms with van der Waals surface area (Å²) in [6.07, 6.45) is 3.83. The zero-order valence-electron chi connectivity index (χ0n) is 9.44. The van der Waals surface area contributed by atoms with Crippen molar-refractivity contribution in [2.45, 2.75) is 32.8 Å². The summed E-state index contributed by atoms with van der Waals surface area (Å²) in [5.74, 6) is 1.82. The van der Waals surface area contributed by atoms with Crippen LogP contribution in [0, 0.1) is 0 Å². The van der Waals surface area contributed by atoms with Crippen molar-refractivity contribution in [3.8, 4) is 0 Å². The van der Waals surface area contributed by atoms with Crippen molar-refractivity contribution in [1.29, 1.82) is 0 Å². The molecule has 0 saturated heterocycles. The van der Waals surface area contributed by atoms with E-state index in [1.165, 1.54) is 0 Å². The Hall–Kier alpha value is -0.480. The fourth-order valence-corrected chi connectivity index (χ4v) is 1.60. The van der Waals surface area contributed by atoms with Gasteiger partial charge in [0.15, 0.2) is 0 Å². The summed E-state index contributed by atoms with van der Waals surface area (Å²) < 4.78 is 4.72. The van der Waals surface area contributed by atoms with Crippen LogP contribution in [0.1, 0.15) is 26.7 Å². The lowest BCUT2D eigenvalue weighted by Crippen LogP contribution is -2.13. The quantitative estimate of drug-likeness (QED) is 0.395. The van der Waals surface area contributed by atoms with Gasteiger partial charge in [0.1, 0.15) is 0 Å². The molecule has 0 rings (SSSR count). The molecular formula is C11H20O3S. The largest absolute Gasteiger partial charge is 0.466 e. The smallest absolute Gasteiger partial charge is 0.308 e. The summed E-state index contributed by atoms with van der Waals surface area (Å²) in [5.41, 5.74) is 0. The third kappa shape index (κ3) is 9.82. The molecule has 0 radical (unpaired) electrons. The molecule has 0 aromatic heterocycles. The molecule has 0 aliphatic rings. The normalized spacial score (nSPS) is 13.0. The van der Waals surface area contributed by atoms with Gasteiger partial charge in [0.25, 0.3) is 0 Å². The minimum absolute atomic E-state index is 0.0469. The van der Waals surface area contributed by atoms with Crippen molar-refractivity contribution >= 4 is 17.7 Å². The molecule has 0 fully saturated rings. The Morgan fingerprint density at radius 3 is 2.87 bits per heavy atom. The van der Waals surface area contributed by atoms with E-state index >= 15 is 0 Å². The number of aliphatic hydroxyl groups is 1. The van der Waals surface area contributed by atoms with Gasteiger partial charge in [0.2, 0.25) is 0 Å². The van der Waals surface area contributed by atoms with Crippen molar-refractivity contribution in [2.75, 3.05) is 18.1 Å². The van der Waals surface area contributed by atoms with E-state index in [1.54, 1.807) is 13.0 Å². The monoisotopic (exact) mass is 232 g/mol. The Balaban J connectivity index is 3.54. The molecule has 0 spiro atoms. The molecule has 0 aliphatic heterocycles. The third-order valence-electron chi connectivity index (χ3n) is 1.67. The second-order valence-electron chi connectivity index (χ2n) is 2.99. The Bertz CT molecular complexity index is 192.